The Morgan fingerprint density at radius 3 is 2.65 bits per heavy atom. The molecule has 0 aromatic carbocycles. The average molecular weight is 239 g/mol. The monoisotopic (exact) mass is 239 g/mol. The first-order valence-electron chi connectivity index (χ1n) is 6.59. The third-order valence-electron chi connectivity index (χ3n) is 2.93. The Balaban J connectivity index is 2.46. The van der Waals surface area contributed by atoms with Gasteiger partial charge in [0.05, 0.1) is 6.54 Å². The highest BCUT2D eigenvalue weighted by molar-refractivity contribution is 4.89. The van der Waals surface area contributed by atoms with E-state index in [2.05, 4.69) is 48.3 Å². The van der Waals surface area contributed by atoms with Gasteiger partial charge in [-0.25, -0.2) is 0 Å². The maximum Gasteiger partial charge on any atom is 0.177 e. The molecule has 0 aliphatic heterocycles. The standard InChI is InChI=1S/C12H25N5/c1-5-8-11(6-2)12-13-15-17(14-12)10-7-9-16(3)4/h11H,5-10H2,1-4H3. The van der Waals surface area contributed by atoms with E-state index in [0.29, 0.717) is 5.92 Å². The van der Waals surface area contributed by atoms with Crippen molar-refractivity contribution in [2.75, 3.05) is 20.6 Å². The third kappa shape index (κ3) is 4.81. The molecule has 0 radical (unpaired) electrons. The van der Waals surface area contributed by atoms with Crippen LogP contribution in [0.3, 0.4) is 0 Å². The van der Waals surface area contributed by atoms with Crippen LogP contribution in [-0.2, 0) is 6.54 Å². The summed E-state index contributed by atoms with van der Waals surface area (Å²) in [6.45, 7) is 6.30. The molecule has 1 unspecified atom stereocenters. The van der Waals surface area contributed by atoms with Crippen molar-refractivity contribution in [1.29, 1.82) is 0 Å². The van der Waals surface area contributed by atoms with Crippen molar-refractivity contribution in [3.05, 3.63) is 5.82 Å². The van der Waals surface area contributed by atoms with Gasteiger partial charge >= 0.3 is 0 Å². The lowest BCUT2D eigenvalue weighted by Gasteiger charge is -2.08. The molecule has 0 spiro atoms. The number of hydrogen-bond acceptors (Lipinski definition) is 4. The highest BCUT2D eigenvalue weighted by Gasteiger charge is 2.14. The molecular weight excluding hydrogens is 214 g/mol. The molecule has 0 saturated carbocycles. The molecule has 98 valence electrons. The van der Waals surface area contributed by atoms with Gasteiger partial charge < -0.3 is 4.90 Å². The molecule has 0 N–H and O–H groups in total. The first-order chi connectivity index (χ1) is 8.17. The van der Waals surface area contributed by atoms with Crippen molar-refractivity contribution in [2.24, 2.45) is 0 Å². The highest BCUT2D eigenvalue weighted by atomic mass is 15.6. The van der Waals surface area contributed by atoms with E-state index in [-0.39, 0.29) is 0 Å². The first kappa shape index (κ1) is 14.1. The fraction of sp³-hybridized carbons (Fsp3) is 0.917. The van der Waals surface area contributed by atoms with Gasteiger partial charge in [-0.15, -0.1) is 10.2 Å². The maximum absolute atomic E-state index is 4.47. The van der Waals surface area contributed by atoms with E-state index in [1.54, 1.807) is 4.80 Å². The summed E-state index contributed by atoms with van der Waals surface area (Å²) < 4.78 is 0. The summed E-state index contributed by atoms with van der Waals surface area (Å²) in [7, 11) is 4.16. The van der Waals surface area contributed by atoms with Gasteiger partial charge in [-0.2, -0.15) is 4.80 Å². The zero-order valence-electron chi connectivity index (χ0n) is 11.6. The number of nitrogens with zero attached hydrogens (tertiary/aromatic N) is 5. The lowest BCUT2D eigenvalue weighted by Crippen LogP contribution is -2.16. The molecule has 0 saturated heterocycles. The fourth-order valence-corrected chi connectivity index (χ4v) is 1.91. The SMILES string of the molecule is CCCC(CC)c1nnn(CCCN(C)C)n1. The summed E-state index contributed by atoms with van der Waals surface area (Å²) in [6, 6.07) is 0. The van der Waals surface area contributed by atoms with Crippen molar-refractivity contribution in [3.8, 4) is 0 Å². The molecule has 0 aliphatic rings. The van der Waals surface area contributed by atoms with Crippen LogP contribution >= 0.6 is 0 Å². The van der Waals surface area contributed by atoms with Crippen LogP contribution in [-0.4, -0.2) is 45.7 Å². The number of aryl methyl sites for hydroxylation is 1. The van der Waals surface area contributed by atoms with E-state index >= 15 is 0 Å². The van der Waals surface area contributed by atoms with Crippen LogP contribution in [0.1, 0.15) is 51.3 Å². The molecule has 17 heavy (non-hydrogen) atoms. The Labute approximate surface area is 104 Å². The van der Waals surface area contributed by atoms with Crippen molar-refractivity contribution in [1.82, 2.24) is 25.1 Å². The zero-order valence-corrected chi connectivity index (χ0v) is 11.6. The smallest absolute Gasteiger partial charge is 0.177 e. The molecule has 1 rings (SSSR count). The van der Waals surface area contributed by atoms with E-state index in [4.69, 9.17) is 0 Å². The van der Waals surface area contributed by atoms with E-state index in [1.807, 2.05) is 0 Å². The van der Waals surface area contributed by atoms with Crippen molar-refractivity contribution < 1.29 is 0 Å². The molecule has 1 heterocycles. The zero-order chi connectivity index (χ0) is 12.7. The minimum atomic E-state index is 0.475. The summed E-state index contributed by atoms with van der Waals surface area (Å²) in [5.41, 5.74) is 0. The van der Waals surface area contributed by atoms with E-state index in [1.165, 1.54) is 6.42 Å². The molecule has 5 heteroatoms. The summed E-state index contributed by atoms with van der Waals surface area (Å²) in [4.78, 5) is 3.90. The molecule has 0 amide bonds. The second-order valence-corrected chi connectivity index (χ2v) is 4.79. The quantitative estimate of drug-likeness (QED) is 0.695. The van der Waals surface area contributed by atoms with Crippen molar-refractivity contribution in [3.63, 3.8) is 0 Å². The first-order valence-corrected chi connectivity index (χ1v) is 6.59. The topological polar surface area (TPSA) is 46.8 Å². The van der Waals surface area contributed by atoms with E-state index in [0.717, 1.165) is 38.2 Å². The average Bonchev–Trinajstić information content (AvgIpc) is 2.74. The van der Waals surface area contributed by atoms with Gasteiger partial charge in [0.15, 0.2) is 5.82 Å². The van der Waals surface area contributed by atoms with Crippen molar-refractivity contribution >= 4 is 0 Å². The maximum atomic E-state index is 4.47. The third-order valence-corrected chi connectivity index (χ3v) is 2.93. The van der Waals surface area contributed by atoms with Gasteiger partial charge in [-0.05, 0) is 45.1 Å². The summed E-state index contributed by atoms with van der Waals surface area (Å²) in [5.74, 6) is 1.39. The normalized spacial score (nSPS) is 13.2. The molecule has 1 aromatic heterocycles. The number of aromatic nitrogens is 4. The van der Waals surface area contributed by atoms with Gasteiger partial charge in [-0.3, -0.25) is 0 Å². The molecule has 0 aliphatic carbocycles. The lowest BCUT2D eigenvalue weighted by molar-refractivity contribution is 0.369. The van der Waals surface area contributed by atoms with Crippen LogP contribution in [0.15, 0.2) is 0 Å². The highest BCUT2D eigenvalue weighted by Crippen LogP contribution is 2.20. The predicted molar refractivity (Wildman–Crippen MR) is 68.9 cm³/mol. The Morgan fingerprint density at radius 2 is 2.06 bits per heavy atom. The van der Waals surface area contributed by atoms with E-state index in [9.17, 15) is 0 Å². The van der Waals surface area contributed by atoms with Gasteiger partial charge in [0.2, 0.25) is 0 Å². The number of tetrazole rings is 1. The van der Waals surface area contributed by atoms with Crippen LogP contribution in [0.2, 0.25) is 0 Å². The Kier molecular flexibility index (Phi) is 6.11. The van der Waals surface area contributed by atoms with Gasteiger partial charge in [-0.1, -0.05) is 20.3 Å². The molecule has 5 nitrogen and oxygen atoms in total. The van der Waals surface area contributed by atoms with Gasteiger partial charge in [0.1, 0.15) is 0 Å². The van der Waals surface area contributed by atoms with Crippen LogP contribution in [0.25, 0.3) is 0 Å². The molecular formula is C12H25N5. The van der Waals surface area contributed by atoms with Gasteiger partial charge in [0.25, 0.3) is 0 Å². The largest absolute Gasteiger partial charge is 0.309 e. The van der Waals surface area contributed by atoms with Crippen LogP contribution < -0.4 is 0 Å². The summed E-state index contributed by atoms with van der Waals surface area (Å²) in [5, 5.41) is 12.8. The van der Waals surface area contributed by atoms with Crippen LogP contribution in [0.5, 0.6) is 0 Å². The predicted octanol–water partition coefficient (Wildman–Crippen LogP) is 1.92. The Morgan fingerprint density at radius 1 is 1.29 bits per heavy atom. The minimum Gasteiger partial charge on any atom is -0.309 e. The van der Waals surface area contributed by atoms with Crippen molar-refractivity contribution in [2.45, 2.75) is 52.0 Å². The lowest BCUT2D eigenvalue weighted by atomic mass is 10.0. The fourth-order valence-electron chi connectivity index (χ4n) is 1.91. The summed E-state index contributed by atoms with van der Waals surface area (Å²) in [6.07, 6.45) is 4.48. The summed E-state index contributed by atoms with van der Waals surface area (Å²) >= 11 is 0. The molecule has 0 bridgehead atoms. The van der Waals surface area contributed by atoms with Crippen LogP contribution in [0, 0.1) is 0 Å². The number of rotatable bonds is 8. The molecule has 0 fully saturated rings. The van der Waals surface area contributed by atoms with E-state index < -0.39 is 0 Å². The Hall–Kier alpha value is -0.970. The molecule has 1 aromatic rings. The number of hydrogen-bond donors (Lipinski definition) is 0. The van der Waals surface area contributed by atoms with Crippen LogP contribution in [0.4, 0.5) is 0 Å². The minimum absolute atomic E-state index is 0.475. The Bertz CT molecular complexity index is 308. The van der Waals surface area contributed by atoms with Gasteiger partial charge in [0, 0.05) is 5.92 Å². The second kappa shape index (κ2) is 7.37. The second-order valence-electron chi connectivity index (χ2n) is 4.79. The molecule has 1 atom stereocenters.